The van der Waals surface area contributed by atoms with Gasteiger partial charge in [0.2, 0.25) is 0 Å². The van der Waals surface area contributed by atoms with Gasteiger partial charge in [0, 0.05) is 10.6 Å². The van der Waals surface area contributed by atoms with Crippen molar-refractivity contribution in [3.63, 3.8) is 0 Å². The van der Waals surface area contributed by atoms with Crippen LogP contribution in [0.25, 0.3) is 22.4 Å². The molecule has 0 saturated carbocycles. The molecule has 0 spiro atoms. The molecule has 35 heavy (non-hydrogen) atoms. The van der Waals surface area contributed by atoms with E-state index in [9.17, 15) is 25.7 Å². The lowest BCUT2D eigenvalue weighted by Gasteiger charge is -2.41. The summed E-state index contributed by atoms with van der Waals surface area (Å²) in [6.45, 7) is -0.597. The minimum Gasteiger partial charge on any atom is -0.497 e. The van der Waals surface area contributed by atoms with Crippen molar-refractivity contribution in [2.45, 2.75) is 30.6 Å². The summed E-state index contributed by atoms with van der Waals surface area (Å²) in [4.78, 5) is 0. The first kappa shape index (κ1) is 25.3. The van der Waals surface area contributed by atoms with Gasteiger partial charge in [0.1, 0.15) is 40.9 Å². The molecular formula is C25H23ClN2O6S. The summed E-state index contributed by atoms with van der Waals surface area (Å²) in [6, 6.07) is 17.9. The summed E-state index contributed by atoms with van der Waals surface area (Å²) < 4.78 is 12.5. The average Bonchev–Trinajstić information content (AvgIpc) is 2.88. The van der Waals surface area contributed by atoms with Gasteiger partial charge in [-0.25, -0.2) is 0 Å². The topological polar surface area (TPSA) is 128 Å². The predicted molar refractivity (Wildman–Crippen MR) is 131 cm³/mol. The van der Waals surface area contributed by atoms with E-state index < -0.39 is 37.3 Å². The second-order valence-electron chi connectivity index (χ2n) is 8.06. The molecule has 1 fully saturated rings. The van der Waals surface area contributed by atoms with Gasteiger partial charge in [0.25, 0.3) is 0 Å². The van der Waals surface area contributed by atoms with Crippen LogP contribution < -0.4 is 4.74 Å². The molecule has 8 nitrogen and oxygen atoms in total. The lowest BCUT2D eigenvalue weighted by molar-refractivity contribution is -0.251. The van der Waals surface area contributed by atoms with Crippen LogP contribution in [0.1, 0.15) is 11.8 Å². The number of aliphatic hydroxyl groups is 4. The fourth-order valence-corrected chi connectivity index (χ4v) is 4.60. The molecule has 1 aliphatic heterocycles. The van der Waals surface area contributed by atoms with Crippen LogP contribution in [0.2, 0.25) is 5.02 Å². The third-order valence-electron chi connectivity index (χ3n) is 6.02. The minimum absolute atomic E-state index is 0.0510. The third kappa shape index (κ3) is 4.70. The van der Waals surface area contributed by atoms with Gasteiger partial charge in [-0.1, -0.05) is 48.1 Å². The third-order valence-corrected chi connectivity index (χ3v) is 6.67. The molecule has 3 aromatic rings. The molecule has 0 amide bonds. The first-order valence-corrected chi connectivity index (χ1v) is 11.5. The van der Waals surface area contributed by atoms with E-state index in [1.165, 1.54) is 4.57 Å². The molecule has 4 rings (SSSR count). The van der Waals surface area contributed by atoms with E-state index in [4.69, 9.17) is 33.3 Å². The summed E-state index contributed by atoms with van der Waals surface area (Å²) >= 11 is 11.8. The smallest absolute Gasteiger partial charge is 0.164 e. The zero-order valence-electron chi connectivity index (χ0n) is 18.6. The summed E-state index contributed by atoms with van der Waals surface area (Å²) in [5, 5.41) is 51.7. The van der Waals surface area contributed by atoms with Crippen molar-refractivity contribution in [2.75, 3.05) is 13.7 Å². The van der Waals surface area contributed by atoms with E-state index in [1.807, 2.05) is 0 Å². The Bertz CT molecular complexity index is 1300. The summed E-state index contributed by atoms with van der Waals surface area (Å²) in [5.74, 6) is 0.649. The highest BCUT2D eigenvalue weighted by Gasteiger charge is 2.45. The van der Waals surface area contributed by atoms with Crippen LogP contribution >= 0.6 is 23.8 Å². The van der Waals surface area contributed by atoms with E-state index in [0.29, 0.717) is 33.2 Å². The number of methoxy groups -OCH3 is 1. The fourth-order valence-electron chi connectivity index (χ4n) is 4.12. The number of benzene rings is 2. The maximum absolute atomic E-state index is 10.8. The number of nitriles is 1. The van der Waals surface area contributed by atoms with E-state index in [0.717, 1.165) is 0 Å². The zero-order chi connectivity index (χ0) is 25.3. The largest absolute Gasteiger partial charge is 0.497 e. The second-order valence-corrected chi connectivity index (χ2v) is 8.88. The molecular weight excluding hydrogens is 492 g/mol. The van der Waals surface area contributed by atoms with Crippen LogP contribution in [0.15, 0.2) is 54.6 Å². The SMILES string of the molecule is COc1ccc(-c2cc(-c3ccc(Cl)cc3)n([C@@H]3O[C@H](CO)[C@@H](O)[C@H](O)[C@H]3O)c(=S)c2C#N)cc1. The van der Waals surface area contributed by atoms with Crippen molar-refractivity contribution < 1.29 is 29.9 Å². The Morgan fingerprint density at radius 1 is 1.03 bits per heavy atom. The average molecular weight is 515 g/mol. The van der Waals surface area contributed by atoms with Crippen molar-refractivity contribution in [2.24, 2.45) is 0 Å². The Balaban J connectivity index is 1.99. The van der Waals surface area contributed by atoms with Crippen molar-refractivity contribution >= 4 is 23.8 Å². The Labute approximate surface area is 211 Å². The molecule has 2 heterocycles. The number of ether oxygens (including phenoxy) is 2. The molecule has 0 radical (unpaired) electrons. The number of halogens is 1. The molecule has 1 saturated heterocycles. The highest BCUT2D eigenvalue weighted by atomic mass is 35.5. The maximum atomic E-state index is 10.8. The van der Waals surface area contributed by atoms with Gasteiger partial charge in [-0.3, -0.25) is 0 Å². The van der Waals surface area contributed by atoms with Crippen LogP contribution in [0.3, 0.4) is 0 Å². The minimum atomic E-state index is -1.61. The molecule has 0 bridgehead atoms. The van der Waals surface area contributed by atoms with Crippen LogP contribution in [0.5, 0.6) is 5.75 Å². The Morgan fingerprint density at radius 3 is 2.23 bits per heavy atom. The van der Waals surface area contributed by atoms with Crippen molar-refractivity contribution in [3.05, 3.63) is 69.8 Å². The number of hydrogen-bond acceptors (Lipinski definition) is 8. The normalized spacial score (nSPS) is 24.1. The van der Waals surface area contributed by atoms with Crippen molar-refractivity contribution in [3.8, 4) is 34.2 Å². The molecule has 2 aromatic carbocycles. The predicted octanol–water partition coefficient (Wildman–Crippen LogP) is 3.06. The molecule has 0 aliphatic carbocycles. The lowest BCUT2D eigenvalue weighted by Crippen LogP contribution is -2.56. The lowest BCUT2D eigenvalue weighted by atomic mass is 9.95. The first-order chi connectivity index (χ1) is 16.8. The van der Waals surface area contributed by atoms with Gasteiger partial charge < -0.3 is 34.5 Å². The Morgan fingerprint density at radius 2 is 1.66 bits per heavy atom. The second kappa shape index (κ2) is 10.4. The summed E-state index contributed by atoms with van der Waals surface area (Å²) in [5.41, 5.74) is 2.54. The van der Waals surface area contributed by atoms with Gasteiger partial charge in [-0.15, -0.1) is 0 Å². The maximum Gasteiger partial charge on any atom is 0.164 e. The van der Waals surface area contributed by atoms with Gasteiger partial charge >= 0.3 is 0 Å². The summed E-state index contributed by atoms with van der Waals surface area (Å²) in [7, 11) is 1.56. The Kier molecular flexibility index (Phi) is 7.54. The van der Waals surface area contributed by atoms with Gasteiger partial charge in [0.15, 0.2) is 6.23 Å². The zero-order valence-corrected chi connectivity index (χ0v) is 20.1. The van der Waals surface area contributed by atoms with Gasteiger partial charge in [0.05, 0.1) is 25.0 Å². The molecule has 10 heteroatoms. The van der Waals surface area contributed by atoms with Gasteiger partial charge in [-0.05, 0) is 41.5 Å². The highest BCUT2D eigenvalue weighted by molar-refractivity contribution is 7.71. The quantitative estimate of drug-likeness (QED) is 0.382. The van der Waals surface area contributed by atoms with E-state index in [2.05, 4.69) is 6.07 Å². The highest BCUT2D eigenvalue weighted by Crippen LogP contribution is 2.37. The number of hydrogen-bond donors (Lipinski definition) is 4. The van der Waals surface area contributed by atoms with E-state index in [1.54, 1.807) is 61.7 Å². The molecule has 0 unspecified atom stereocenters. The van der Waals surface area contributed by atoms with Crippen LogP contribution in [0, 0.1) is 16.0 Å². The molecule has 182 valence electrons. The van der Waals surface area contributed by atoms with E-state index in [-0.39, 0.29) is 10.2 Å². The number of aromatic nitrogens is 1. The Hall–Kier alpha value is -2.81. The number of aliphatic hydroxyl groups excluding tert-OH is 4. The van der Waals surface area contributed by atoms with Crippen LogP contribution in [0.4, 0.5) is 0 Å². The number of rotatable bonds is 5. The van der Waals surface area contributed by atoms with Crippen LogP contribution in [-0.2, 0) is 4.74 Å². The number of pyridine rings is 1. The standard InChI is InChI=1S/C25H23ClN2O6S/c1-33-16-8-4-13(5-9-16)17-10-19(14-2-6-15(26)7-3-14)28(25(35)18(17)11-27)24-23(32)22(31)21(30)20(12-29)34-24/h2-10,20-24,29-32H,12H2,1H3/t20-,21-,22+,23-,24-/m1/s1. The van der Waals surface area contributed by atoms with Crippen molar-refractivity contribution in [1.82, 2.24) is 4.57 Å². The monoisotopic (exact) mass is 514 g/mol. The molecule has 1 aliphatic rings. The molecule has 4 N–H and O–H groups in total. The first-order valence-electron chi connectivity index (χ1n) is 10.7. The fraction of sp³-hybridized carbons (Fsp3) is 0.280. The van der Waals surface area contributed by atoms with E-state index >= 15 is 0 Å². The van der Waals surface area contributed by atoms with Crippen LogP contribution in [-0.4, -0.2) is 63.1 Å². The molecule has 1 aromatic heterocycles. The van der Waals surface area contributed by atoms with Crippen molar-refractivity contribution in [1.29, 1.82) is 5.26 Å². The summed E-state index contributed by atoms with van der Waals surface area (Å²) in [6.07, 6.45) is -7.18. The molecule has 5 atom stereocenters. The van der Waals surface area contributed by atoms with Gasteiger partial charge in [-0.2, -0.15) is 5.26 Å². The number of nitrogens with zero attached hydrogens (tertiary/aromatic N) is 2.